The van der Waals surface area contributed by atoms with Gasteiger partial charge in [-0.05, 0) is 31.0 Å². The predicted octanol–water partition coefficient (Wildman–Crippen LogP) is 3.20. The molecule has 0 spiro atoms. The van der Waals surface area contributed by atoms with E-state index in [-0.39, 0.29) is 12.1 Å². The number of hydrogen-bond donors (Lipinski definition) is 3. The van der Waals surface area contributed by atoms with Gasteiger partial charge in [0.2, 0.25) is 0 Å². The van der Waals surface area contributed by atoms with Crippen LogP contribution in [0.25, 0.3) is 0 Å². The molecule has 1 saturated carbocycles. The summed E-state index contributed by atoms with van der Waals surface area (Å²) in [5.41, 5.74) is 1.16. The van der Waals surface area contributed by atoms with E-state index in [2.05, 4.69) is 16.7 Å². The summed E-state index contributed by atoms with van der Waals surface area (Å²) < 4.78 is 0. The molecule has 6 heteroatoms. The van der Waals surface area contributed by atoms with E-state index in [1.165, 1.54) is 0 Å². The summed E-state index contributed by atoms with van der Waals surface area (Å²) in [5, 5.41) is 24.3. The summed E-state index contributed by atoms with van der Waals surface area (Å²) in [6.45, 7) is 0. The Morgan fingerprint density at radius 2 is 2.05 bits per heavy atom. The van der Waals surface area contributed by atoms with Gasteiger partial charge in [0, 0.05) is 11.1 Å². The molecule has 106 valence electrons. The van der Waals surface area contributed by atoms with Crippen LogP contribution in [0.3, 0.4) is 0 Å². The van der Waals surface area contributed by atoms with Gasteiger partial charge in [-0.25, -0.2) is 4.79 Å². The van der Waals surface area contributed by atoms with Crippen LogP contribution in [-0.4, -0.2) is 23.3 Å². The number of carbonyl (C=O) groups is 1. The van der Waals surface area contributed by atoms with Crippen LogP contribution in [0.5, 0.6) is 0 Å². The van der Waals surface area contributed by atoms with E-state index < -0.39 is 6.09 Å². The normalized spacial score (nSPS) is 21.8. The van der Waals surface area contributed by atoms with E-state index in [1.54, 1.807) is 18.2 Å². The van der Waals surface area contributed by atoms with Crippen molar-refractivity contribution in [2.24, 2.45) is 0 Å². The Balaban J connectivity index is 2.16. The number of amides is 1. The zero-order chi connectivity index (χ0) is 14.5. The Kier molecular flexibility index (Phi) is 4.70. The number of carboxylic acid groups (broad SMARTS) is 1. The van der Waals surface area contributed by atoms with Crippen LogP contribution < -0.4 is 10.6 Å². The van der Waals surface area contributed by atoms with Crippen molar-refractivity contribution in [3.05, 3.63) is 28.8 Å². The fraction of sp³-hybridized carbons (Fsp3) is 0.429. The van der Waals surface area contributed by atoms with Crippen LogP contribution >= 0.6 is 11.6 Å². The molecule has 20 heavy (non-hydrogen) atoms. The maximum Gasteiger partial charge on any atom is 0.404 e. The highest BCUT2D eigenvalue weighted by atomic mass is 35.5. The van der Waals surface area contributed by atoms with Crippen molar-refractivity contribution in [3.8, 4) is 6.07 Å². The van der Waals surface area contributed by atoms with Crippen LogP contribution in [0, 0.1) is 11.3 Å². The lowest BCUT2D eigenvalue weighted by atomic mass is 9.90. The van der Waals surface area contributed by atoms with Crippen molar-refractivity contribution in [1.29, 1.82) is 5.26 Å². The first-order valence-electron chi connectivity index (χ1n) is 6.56. The molecule has 0 radical (unpaired) electrons. The molecule has 0 heterocycles. The SMILES string of the molecule is N#Cc1ccc(Cl)cc1N[C@@H]1CCCC[C@H]1NC(=O)O. The third kappa shape index (κ3) is 3.55. The summed E-state index contributed by atoms with van der Waals surface area (Å²) >= 11 is 5.95. The first-order valence-corrected chi connectivity index (χ1v) is 6.93. The molecule has 1 aliphatic rings. The molecular weight excluding hydrogens is 278 g/mol. The Morgan fingerprint density at radius 1 is 1.35 bits per heavy atom. The van der Waals surface area contributed by atoms with E-state index in [0.717, 1.165) is 25.7 Å². The highest BCUT2D eigenvalue weighted by Crippen LogP contribution is 2.26. The fourth-order valence-corrected chi connectivity index (χ4v) is 2.74. The third-order valence-electron chi connectivity index (χ3n) is 3.52. The van der Waals surface area contributed by atoms with Gasteiger partial charge in [-0.2, -0.15) is 5.26 Å². The minimum atomic E-state index is -1.02. The Labute approximate surface area is 122 Å². The summed E-state index contributed by atoms with van der Waals surface area (Å²) in [5.74, 6) is 0. The topological polar surface area (TPSA) is 85.2 Å². The highest BCUT2D eigenvalue weighted by Gasteiger charge is 2.26. The molecule has 0 aromatic heterocycles. The lowest BCUT2D eigenvalue weighted by molar-refractivity contribution is 0.184. The Bertz CT molecular complexity index is 542. The first-order chi connectivity index (χ1) is 9.60. The molecule has 1 aromatic rings. The van der Waals surface area contributed by atoms with Gasteiger partial charge in [-0.3, -0.25) is 0 Å². The minimum absolute atomic E-state index is 0.0228. The summed E-state index contributed by atoms with van der Waals surface area (Å²) in [6.07, 6.45) is 2.69. The van der Waals surface area contributed by atoms with Gasteiger partial charge in [-0.15, -0.1) is 0 Å². The Morgan fingerprint density at radius 3 is 2.70 bits per heavy atom. The second kappa shape index (κ2) is 6.49. The third-order valence-corrected chi connectivity index (χ3v) is 3.75. The van der Waals surface area contributed by atoms with Gasteiger partial charge >= 0.3 is 6.09 Å². The number of anilines is 1. The van der Waals surface area contributed by atoms with Gasteiger partial charge in [0.25, 0.3) is 0 Å². The standard InChI is InChI=1S/C14H16ClN3O2/c15-10-6-5-9(8-16)13(7-10)17-11-3-1-2-4-12(11)18-14(19)20/h5-7,11-12,17-18H,1-4H2,(H,19,20)/t11-,12-/m1/s1. The molecule has 5 nitrogen and oxygen atoms in total. The minimum Gasteiger partial charge on any atom is -0.465 e. The number of nitrogens with zero attached hydrogens (tertiary/aromatic N) is 1. The van der Waals surface area contributed by atoms with Crippen molar-refractivity contribution in [3.63, 3.8) is 0 Å². The smallest absolute Gasteiger partial charge is 0.404 e. The molecule has 0 unspecified atom stereocenters. The second-order valence-corrected chi connectivity index (χ2v) is 5.33. The lowest BCUT2D eigenvalue weighted by Crippen LogP contribution is -2.48. The second-order valence-electron chi connectivity index (χ2n) is 4.89. The summed E-state index contributed by atoms with van der Waals surface area (Å²) in [6, 6.07) is 6.97. The monoisotopic (exact) mass is 293 g/mol. The molecule has 0 bridgehead atoms. The van der Waals surface area contributed by atoms with Crippen molar-refractivity contribution in [2.75, 3.05) is 5.32 Å². The average molecular weight is 294 g/mol. The van der Waals surface area contributed by atoms with Crippen molar-refractivity contribution >= 4 is 23.4 Å². The highest BCUT2D eigenvalue weighted by molar-refractivity contribution is 6.30. The van der Waals surface area contributed by atoms with E-state index in [0.29, 0.717) is 16.3 Å². The summed E-state index contributed by atoms with van der Waals surface area (Å²) in [4.78, 5) is 10.8. The Hall–Kier alpha value is -1.93. The zero-order valence-electron chi connectivity index (χ0n) is 10.9. The molecule has 1 amide bonds. The average Bonchev–Trinajstić information content (AvgIpc) is 2.41. The fourth-order valence-electron chi connectivity index (χ4n) is 2.57. The number of benzene rings is 1. The number of rotatable bonds is 3. The van der Waals surface area contributed by atoms with Crippen molar-refractivity contribution in [1.82, 2.24) is 5.32 Å². The van der Waals surface area contributed by atoms with Crippen molar-refractivity contribution < 1.29 is 9.90 Å². The van der Waals surface area contributed by atoms with Crippen LogP contribution in [0.15, 0.2) is 18.2 Å². The molecule has 2 atom stereocenters. The quantitative estimate of drug-likeness (QED) is 0.799. The number of nitrogens with one attached hydrogen (secondary N) is 2. The van der Waals surface area contributed by atoms with Gasteiger partial charge < -0.3 is 15.7 Å². The van der Waals surface area contributed by atoms with Gasteiger partial charge in [0.1, 0.15) is 6.07 Å². The summed E-state index contributed by atoms with van der Waals surface area (Å²) in [7, 11) is 0. The molecule has 0 aliphatic heterocycles. The molecule has 1 fully saturated rings. The molecule has 2 rings (SSSR count). The van der Waals surface area contributed by atoms with Crippen molar-refractivity contribution in [2.45, 2.75) is 37.8 Å². The maximum atomic E-state index is 10.8. The van der Waals surface area contributed by atoms with E-state index in [1.807, 2.05) is 0 Å². The van der Waals surface area contributed by atoms with Crippen LogP contribution in [0.2, 0.25) is 5.02 Å². The number of halogens is 1. The van der Waals surface area contributed by atoms with Gasteiger partial charge in [0.15, 0.2) is 0 Å². The lowest BCUT2D eigenvalue weighted by Gasteiger charge is -2.33. The van der Waals surface area contributed by atoms with Crippen LogP contribution in [0.4, 0.5) is 10.5 Å². The molecule has 0 saturated heterocycles. The largest absolute Gasteiger partial charge is 0.465 e. The van der Waals surface area contributed by atoms with Crippen LogP contribution in [-0.2, 0) is 0 Å². The molecule has 1 aromatic carbocycles. The van der Waals surface area contributed by atoms with E-state index in [9.17, 15) is 4.79 Å². The first kappa shape index (κ1) is 14.5. The molecule has 3 N–H and O–H groups in total. The molecule has 1 aliphatic carbocycles. The van der Waals surface area contributed by atoms with Gasteiger partial charge in [0.05, 0.1) is 17.3 Å². The van der Waals surface area contributed by atoms with E-state index in [4.69, 9.17) is 22.0 Å². The van der Waals surface area contributed by atoms with Gasteiger partial charge in [-0.1, -0.05) is 24.4 Å². The number of hydrogen-bond acceptors (Lipinski definition) is 3. The van der Waals surface area contributed by atoms with Crippen LogP contribution in [0.1, 0.15) is 31.2 Å². The zero-order valence-corrected chi connectivity index (χ0v) is 11.7. The predicted molar refractivity (Wildman–Crippen MR) is 77.0 cm³/mol. The maximum absolute atomic E-state index is 10.8. The van der Waals surface area contributed by atoms with E-state index >= 15 is 0 Å². The number of nitriles is 1. The molecular formula is C14H16ClN3O2.